The number of aromatic nitrogens is 1. The molecule has 28 heavy (non-hydrogen) atoms. The standard InChI is InChI=1S/C19H20ClN3O4S/c20-13-9-12(10-15-17(13)27-7-2-6-26-15)11-16(24)23-5-1-3-14(23)18(25)22-19-21-4-8-28-19/h4,8-10,14H,1-3,5-7,11H2,(H,21,22,25). The summed E-state index contributed by atoms with van der Waals surface area (Å²) in [5.74, 6) is 0.782. The summed E-state index contributed by atoms with van der Waals surface area (Å²) in [4.78, 5) is 31.2. The molecular formula is C19H20ClN3O4S. The van der Waals surface area contributed by atoms with Gasteiger partial charge in [0, 0.05) is 24.5 Å². The highest BCUT2D eigenvalue weighted by atomic mass is 35.5. The van der Waals surface area contributed by atoms with Gasteiger partial charge in [-0.05, 0) is 30.5 Å². The fourth-order valence-electron chi connectivity index (χ4n) is 3.47. The highest BCUT2D eigenvalue weighted by Crippen LogP contribution is 2.38. The topological polar surface area (TPSA) is 80.8 Å². The van der Waals surface area contributed by atoms with E-state index in [1.54, 1.807) is 28.6 Å². The first kappa shape index (κ1) is 19.0. The number of nitrogens with zero attached hydrogens (tertiary/aromatic N) is 2. The summed E-state index contributed by atoms with van der Waals surface area (Å²) in [6.07, 6.45) is 4.00. The third kappa shape index (κ3) is 4.07. The molecule has 0 saturated carbocycles. The molecule has 2 amide bonds. The van der Waals surface area contributed by atoms with E-state index in [4.69, 9.17) is 21.1 Å². The van der Waals surface area contributed by atoms with Gasteiger partial charge >= 0.3 is 0 Å². The van der Waals surface area contributed by atoms with Crippen molar-refractivity contribution in [3.8, 4) is 11.5 Å². The van der Waals surface area contributed by atoms with Crippen molar-refractivity contribution in [3.63, 3.8) is 0 Å². The van der Waals surface area contributed by atoms with Crippen LogP contribution in [0.1, 0.15) is 24.8 Å². The van der Waals surface area contributed by atoms with Gasteiger partial charge in [-0.2, -0.15) is 0 Å². The maximum absolute atomic E-state index is 12.9. The van der Waals surface area contributed by atoms with Gasteiger partial charge in [-0.25, -0.2) is 4.98 Å². The first-order valence-corrected chi connectivity index (χ1v) is 10.5. The Bertz CT molecular complexity index is 874. The van der Waals surface area contributed by atoms with Crippen LogP contribution in [-0.4, -0.2) is 47.5 Å². The fourth-order valence-corrected chi connectivity index (χ4v) is 4.29. The summed E-state index contributed by atoms with van der Waals surface area (Å²) in [7, 11) is 0. The molecule has 0 radical (unpaired) electrons. The second-order valence-electron chi connectivity index (χ2n) is 6.70. The molecule has 0 spiro atoms. The van der Waals surface area contributed by atoms with Gasteiger partial charge in [-0.3, -0.25) is 9.59 Å². The van der Waals surface area contributed by atoms with Crippen molar-refractivity contribution in [3.05, 3.63) is 34.3 Å². The van der Waals surface area contributed by atoms with Crippen LogP contribution in [0.5, 0.6) is 11.5 Å². The number of halogens is 1. The normalized spacial score (nSPS) is 18.6. The quantitative estimate of drug-likeness (QED) is 0.820. The van der Waals surface area contributed by atoms with Crippen molar-refractivity contribution in [2.45, 2.75) is 31.7 Å². The second-order valence-corrected chi connectivity index (χ2v) is 8.01. The molecule has 148 valence electrons. The summed E-state index contributed by atoms with van der Waals surface area (Å²) in [5.41, 5.74) is 0.741. The number of amides is 2. The van der Waals surface area contributed by atoms with Crippen molar-refractivity contribution >= 4 is 39.9 Å². The lowest BCUT2D eigenvalue weighted by atomic mass is 10.1. The predicted molar refractivity (Wildman–Crippen MR) is 106 cm³/mol. The van der Waals surface area contributed by atoms with E-state index in [1.165, 1.54) is 11.3 Å². The largest absolute Gasteiger partial charge is 0.489 e. The van der Waals surface area contributed by atoms with Crippen LogP contribution in [0, 0.1) is 0 Å². The van der Waals surface area contributed by atoms with Crippen molar-refractivity contribution in [1.29, 1.82) is 0 Å². The first-order valence-electron chi connectivity index (χ1n) is 9.19. The van der Waals surface area contributed by atoms with E-state index in [1.807, 2.05) is 0 Å². The molecule has 1 aromatic carbocycles. The molecule has 1 aromatic heterocycles. The maximum Gasteiger partial charge on any atom is 0.248 e. The zero-order chi connectivity index (χ0) is 19.5. The molecule has 0 bridgehead atoms. The molecule has 1 N–H and O–H groups in total. The van der Waals surface area contributed by atoms with Crippen LogP contribution in [0.2, 0.25) is 5.02 Å². The second kappa shape index (κ2) is 8.36. The lowest BCUT2D eigenvalue weighted by Crippen LogP contribution is -2.43. The molecule has 3 heterocycles. The molecule has 4 rings (SSSR count). The molecule has 2 aliphatic rings. The molecule has 9 heteroatoms. The Morgan fingerprint density at radius 2 is 2.14 bits per heavy atom. The minimum Gasteiger partial charge on any atom is -0.489 e. The van der Waals surface area contributed by atoms with E-state index in [0.29, 0.717) is 47.8 Å². The average molecular weight is 422 g/mol. The number of benzene rings is 1. The highest BCUT2D eigenvalue weighted by molar-refractivity contribution is 7.13. The Balaban J connectivity index is 1.46. The van der Waals surface area contributed by atoms with Gasteiger partial charge in [0.1, 0.15) is 6.04 Å². The van der Waals surface area contributed by atoms with Crippen LogP contribution < -0.4 is 14.8 Å². The predicted octanol–water partition coefficient (Wildman–Crippen LogP) is 3.13. The molecule has 2 aromatic rings. The van der Waals surface area contributed by atoms with E-state index in [-0.39, 0.29) is 18.2 Å². The zero-order valence-corrected chi connectivity index (χ0v) is 16.7. The number of carbonyl (C=O) groups is 2. The first-order chi connectivity index (χ1) is 13.6. The number of rotatable bonds is 4. The lowest BCUT2D eigenvalue weighted by molar-refractivity contribution is -0.136. The number of hydrogen-bond donors (Lipinski definition) is 1. The minimum atomic E-state index is -0.479. The van der Waals surface area contributed by atoms with E-state index < -0.39 is 6.04 Å². The smallest absolute Gasteiger partial charge is 0.248 e. The van der Waals surface area contributed by atoms with Gasteiger partial charge in [0.2, 0.25) is 11.8 Å². The van der Waals surface area contributed by atoms with Crippen molar-refractivity contribution < 1.29 is 19.1 Å². The Morgan fingerprint density at radius 3 is 2.96 bits per heavy atom. The molecule has 1 fully saturated rings. The molecule has 2 aliphatic heterocycles. The third-order valence-electron chi connectivity index (χ3n) is 4.76. The SMILES string of the molecule is O=C(Nc1nccs1)C1CCCN1C(=O)Cc1cc(Cl)c2c(c1)OCCCO2. The summed E-state index contributed by atoms with van der Waals surface area (Å²) >= 11 is 7.67. The van der Waals surface area contributed by atoms with Gasteiger partial charge in [0.25, 0.3) is 0 Å². The van der Waals surface area contributed by atoms with Crippen LogP contribution in [0.4, 0.5) is 5.13 Å². The number of ether oxygens (including phenoxy) is 2. The van der Waals surface area contributed by atoms with Crippen LogP contribution in [0.3, 0.4) is 0 Å². The zero-order valence-electron chi connectivity index (χ0n) is 15.2. The van der Waals surface area contributed by atoms with E-state index >= 15 is 0 Å². The Kier molecular flexibility index (Phi) is 5.68. The number of hydrogen-bond acceptors (Lipinski definition) is 6. The van der Waals surface area contributed by atoms with Gasteiger partial charge in [0.05, 0.1) is 24.7 Å². The third-order valence-corrected chi connectivity index (χ3v) is 5.72. The fraction of sp³-hybridized carbons (Fsp3) is 0.421. The van der Waals surface area contributed by atoms with Crippen LogP contribution >= 0.6 is 22.9 Å². The van der Waals surface area contributed by atoms with Crippen LogP contribution in [-0.2, 0) is 16.0 Å². The Labute approximate surface area is 171 Å². The van der Waals surface area contributed by atoms with Gasteiger partial charge in [0.15, 0.2) is 16.6 Å². The minimum absolute atomic E-state index is 0.109. The highest BCUT2D eigenvalue weighted by Gasteiger charge is 2.34. The summed E-state index contributed by atoms with van der Waals surface area (Å²) < 4.78 is 11.3. The van der Waals surface area contributed by atoms with Crippen molar-refractivity contribution in [2.75, 3.05) is 25.1 Å². The number of carbonyl (C=O) groups excluding carboxylic acids is 2. The molecule has 1 atom stereocenters. The van der Waals surface area contributed by atoms with Gasteiger partial charge in [-0.15, -0.1) is 11.3 Å². The summed E-state index contributed by atoms with van der Waals surface area (Å²) in [5, 5.41) is 5.55. The van der Waals surface area contributed by atoms with Gasteiger partial charge < -0.3 is 19.7 Å². The number of likely N-dealkylation sites (tertiary alicyclic amines) is 1. The number of anilines is 1. The molecular weight excluding hydrogens is 402 g/mol. The van der Waals surface area contributed by atoms with Crippen LogP contribution in [0.25, 0.3) is 0 Å². The van der Waals surface area contributed by atoms with Crippen molar-refractivity contribution in [1.82, 2.24) is 9.88 Å². The number of nitrogens with one attached hydrogen (secondary N) is 1. The number of thiazole rings is 1. The average Bonchev–Trinajstić information content (AvgIpc) is 3.30. The molecule has 0 aliphatic carbocycles. The molecule has 1 unspecified atom stereocenters. The van der Waals surface area contributed by atoms with Crippen LogP contribution in [0.15, 0.2) is 23.7 Å². The lowest BCUT2D eigenvalue weighted by Gasteiger charge is -2.24. The van der Waals surface area contributed by atoms with E-state index in [9.17, 15) is 9.59 Å². The Morgan fingerprint density at radius 1 is 1.29 bits per heavy atom. The maximum atomic E-state index is 12.9. The van der Waals surface area contributed by atoms with E-state index in [2.05, 4.69) is 10.3 Å². The van der Waals surface area contributed by atoms with E-state index in [0.717, 1.165) is 18.4 Å². The molecule has 1 saturated heterocycles. The summed E-state index contributed by atoms with van der Waals surface area (Å²) in [6, 6.07) is 3.05. The molecule has 7 nitrogen and oxygen atoms in total. The summed E-state index contributed by atoms with van der Waals surface area (Å²) in [6.45, 7) is 1.66. The number of fused-ring (bicyclic) bond motifs is 1. The van der Waals surface area contributed by atoms with Crippen molar-refractivity contribution in [2.24, 2.45) is 0 Å². The van der Waals surface area contributed by atoms with Gasteiger partial charge in [-0.1, -0.05) is 11.6 Å². The Hall–Kier alpha value is -2.32. The monoisotopic (exact) mass is 421 g/mol.